The van der Waals surface area contributed by atoms with E-state index in [1.807, 2.05) is 0 Å². The number of aromatic carboxylic acids is 1. The predicted octanol–water partition coefficient (Wildman–Crippen LogP) is 0.520. The lowest BCUT2D eigenvalue weighted by Gasteiger charge is -2.07. The van der Waals surface area contributed by atoms with Gasteiger partial charge in [-0.05, 0) is 18.2 Å². The van der Waals surface area contributed by atoms with E-state index in [9.17, 15) is 14.4 Å². The van der Waals surface area contributed by atoms with Crippen LogP contribution in [-0.2, 0) is 6.54 Å². The van der Waals surface area contributed by atoms with Crippen molar-refractivity contribution < 1.29 is 14.3 Å². The fraction of sp³-hybridized carbons (Fsp3) is 0.0667. The van der Waals surface area contributed by atoms with Crippen molar-refractivity contribution in [1.82, 2.24) is 14.8 Å². The number of aromatic nitrogens is 3. The van der Waals surface area contributed by atoms with Gasteiger partial charge in [0.1, 0.15) is 12.3 Å². The Labute approximate surface area is 134 Å². The first-order chi connectivity index (χ1) is 11.5. The number of nitrogens with zero attached hydrogens (tertiary/aromatic N) is 2. The summed E-state index contributed by atoms with van der Waals surface area (Å²) < 4.78 is 6.05. The average molecular weight is 328 g/mol. The van der Waals surface area contributed by atoms with E-state index in [2.05, 4.69) is 10.1 Å². The Hall–Kier alpha value is -3.62. The van der Waals surface area contributed by atoms with Crippen molar-refractivity contribution in [3.8, 4) is 11.3 Å². The van der Waals surface area contributed by atoms with E-state index in [4.69, 9.17) is 15.3 Å². The monoisotopic (exact) mass is 328 g/mol. The maximum atomic E-state index is 12.0. The minimum Gasteiger partial charge on any atom is -0.475 e. The van der Waals surface area contributed by atoms with Crippen LogP contribution in [0, 0.1) is 0 Å². The van der Waals surface area contributed by atoms with E-state index >= 15 is 0 Å². The number of para-hydroxylation sites is 1. The number of anilines is 1. The Morgan fingerprint density at radius 3 is 2.67 bits per heavy atom. The minimum absolute atomic E-state index is 0.0160. The van der Waals surface area contributed by atoms with Crippen LogP contribution >= 0.6 is 0 Å². The van der Waals surface area contributed by atoms with Gasteiger partial charge in [0.25, 0.3) is 5.56 Å². The van der Waals surface area contributed by atoms with Gasteiger partial charge in [-0.3, -0.25) is 9.78 Å². The van der Waals surface area contributed by atoms with Crippen molar-refractivity contribution in [2.75, 3.05) is 5.73 Å². The van der Waals surface area contributed by atoms with Crippen molar-refractivity contribution in [1.29, 1.82) is 0 Å². The van der Waals surface area contributed by atoms with Crippen molar-refractivity contribution in [3.63, 3.8) is 0 Å². The molecule has 1 aromatic carbocycles. The van der Waals surface area contributed by atoms with E-state index in [0.29, 0.717) is 11.3 Å². The molecular formula is C15H12N4O5. The lowest BCUT2D eigenvalue weighted by atomic mass is 10.1. The maximum absolute atomic E-state index is 12.0. The summed E-state index contributed by atoms with van der Waals surface area (Å²) >= 11 is 0. The van der Waals surface area contributed by atoms with E-state index in [1.165, 1.54) is 12.1 Å². The Bertz CT molecular complexity index is 1030. The first-order valence-corrected chi connectivity index (χ1v) is 6.84. The highest BCUT2D eigenvalue weighted by molar-refractivity contribution is 5.84. The summed E-state index contributed by atoms with van der Waals surface area (Å²) in [5.41, 5.74) is 5.13. The molecule has 0 aliphatic heterocycles. The molecule has 2 aromatic heterocycles. The fourth-order valence-electron chi connectivity index (χ4n) is 2.15. The van der Waals surface area contributed by atoms with Crippen LogP contribution in [0.25, 0.3) is 11.3 Å². The normalized spacial score (nSPS) is 10.7. The zero-order valence-electron chi connectivity index (χ0n) is 12.2. The Morgan fingerprint density at radius 1 is 1.25 bits per heavy atom. The first kappa shape index (κ1) is 15.3. The summed E-state index contributed by atoms with van der Waals surface area (Å²) in [4.78, 5) is 36.9. The molecule has 9 heteroatoms. The smallest absolute Gasteiger partial charge is 0.371 e. The minimum atomic E-state index is -1.22. The largest absolute Gasteiger partial charge is 0.475 e. The third-order valence-electron chi connectivity index (χ3n) is 3.28. The van der Waals surface area contributed by atoms with Gasteiger partial charge >= 0.3 is 11.7 Å². The van der Waals surface area contributed by atoms with Crippen LogP contribution in [0.4, 0.5) is 5.69 Å². The number of hydrogen-bond donors (Lipinski definition) is 3. The topological polar surface area (TPSA) is 144 Å². The second-order valence-corrected chi connectivity index (χ2v) is 4.92. The van der Waals surface area contributed by atoms with E-state index in [0.717, 1.165) is 4.68 Å². The highest BCUT2D eigenvalue weighted by atomic mass is 16.4. The van der Waals surface area contributed by atoms with Gasteiger partial charge in [-0.15, -0.1) is 0 Å². The molecule has 0 bridgehead atoms. The summed E-state index contributed by atoms with van der Waals surface area (Å²) in [6.45, 7) is -0.136. The molecule has 122 valence electrons. The molecule has 0 aliphatic carbocycles. The molecule has 0 spiro atoms. The van der Waals surface area contributed by atoms with Crippen LogP contribution in [0.2, 0.25) is 0 Å². The van der Waals surface area contributed by atoms with Crippen LogP contribution in [-0.4, -0.2) is 25.8 Å². The van der Waals surface area contributed by atoms with Gasteiger partial charge in [-0.1, -0.05) is 18.2 Å². The molecule has 0 aliphatic rings. The maximum Gasteiger partial charge on any atom is 0.371 e. The van der Waals surface area contributed by atoms with Gasteiger partial charge in [-0.2, -0.15) is 5.10 Å². The van der Waals surface area contributed by atoms with E-state index in [-0.39, 0.29) is 23.8 Å². The van der Waals surface area contributed by atoms with Crippen LogP contribution < -0.4 is 17.0 Å². The summed E-state index contributed by atoms with van der Waals surface area (Å²) in [5, 5.41) is 12.9. The number of benzene rings is 1. The molecule has 3 aromatic rings. The van der Waals surface area contributed by atoms with Gasteiger partial charge < -0.3 is 15.3 Å². The number of carboxylic acids is 1. The molecule has 0 amide bonds. The van der Waals surface area contributed by atoms with Gasteiger partial charge in [0, 0.05) is 11.3 Å². The van der Waals surface area contributed by atoms with Gasteiger partial charge in [0.15, 0.2) is 5.69 Å². The molecule has 0 atom stereocenters. The summed E-state index contributed by atoms with van der Waals surface area (Å²) in [5.74, 6) is -1.27. The van der Waals surface area contributed by atoms with Crippen LogP contribution in [0.15, 0.2) is 50.4 Å². The van der Waals surface area contributed by atoms with Gasteiger partial charge in [-0.25, -0.2) is 14.3 Å². The second kappa shape index (κ2) is 5.88. The van der Waals surface area contributed by atoms with Crippen molar-refractivity contribution in [2.24, 2.45) is 0 Å². The Balaban J connectivity index is 2.04. The van der Waals surface area contributed by atoms with Crippen LogP contribution in [0.3, 0.4) is 0 Å². The quantitative estimate of drug-likeness (QED) is 0.592. The number of aromatic amines is 1. The zero-order chi connectivity index (χ0) is 17.3. The number of carbonyl (C=O) groups is 1. The molecule has 2 heterocycles. The summed E-state index contributed by atoms with van der Waals surface area (Å²) in [6.07, 6.45) is 0. The lowest BCUT2D eigenvalue weighted by molar-refractivity contribution is 0.0660. The summed E-state index contributed by atoms with van der Waals surface area (Å²) in [7, 11) is 0. The summed E-state index contributed by atoms with van der Waals surface area (Å²) in [6, 6.07) is 9.30. The number of hydrogen-bond acceptors (Lipinski definition) is 6. The molecule has 24 heavy (non-hydrogen) atoms. The number of nitrogens with two attached hydrogens (primary N) is 1. The van der Waals surface area contributed by atoms with Gasteiger partial charge in [0.05, 0.1) is 0 Å². The number of carboxylic acid groups (broad SMARTS) is 1. The highest BCUT2D eigenvalue weighted by Gasteiger charge is 2.14. The zero-order valence-corrected chi connectivity index (χ0v) is 12.2. The molecule has 9 nitrogen and oxygen atoms in total. The van der Waals surface area contributed by atoms with Crippen molar-refractivity contribution >= 4 is 11.7 Å². The third-order valence-corrected chi connectivity index (χ3v) is 3.28. The SMILES string of the molecule is Nc1ccccc1-c1nn(Cc2ccc(C(=O)O)o2)c(=O)[nH]c1=O. The lowest BCUT2D eigenvalue weighted by Crippen LogP contribution is -2.33. The standard InChI is InChI=1S/C15H12N4O5/c16-10-4-2-1-3-9(10)12-13(20)17-15(23)19(18-12)7-8-5-6-11(24-8)14(21)22/h1-6H,7,16H2,(H,21,22)(H,17,20,23). The Morgan fingerprint density at radius 2 is 2.00 bits per heavy atom. The van der Waals surface area contributed by atoms with Crippen LogP contribution in [0.1, 0.15) is 16.3 Å². The number of H-pyrrole nitrogens is 1. The number of nitrogens with one attached hydrogen (secondary N) is 1. The fourth-order valence-corrected chi connectivity index (χ4v) is 2.15. The molecule has 0 fully saturated rings. The molecule has 0 saturated carbocycles. The highest BCUT2D eigenvalue weighted by Crippen LogP contribution is 2.19. The third kappa shape index (κ3) is 2.82. The predicted molar refractivity (Wildman–Crippen MR) is 83.7 cm³/mol. The van der Waals surface area contributed by atoms with Crippen molar-refractivity contribution in [2.45, 2.75) is 6.54 Å². The number of furan rings is 1. The molecule has 0 radical (unpaired) electrons. The Kier molecular flexibility index (Phi) is 3.74. The van der Waals surface area contributed by atoms with E-state index < -0.39 is 17.2 Å². The number of nitrogen functional groups attached to an aromatic ring is 1. The van der Waals surface area contributed by atoms with Gasteiger partial charge in [0.2, 0.25) is 5.76 Å². The van der Waals surface area contributed by atoms with E-state index in [1.54, 1.807) is 24.3 Å². The second-order valence-electron chi connectivity index (χ2n) is 4.92. The number of rotatable bonds is 4. The molecule has 4 N–H and O–H groups in total. The van der Waals surface area contributed by atoms with Crippen molar-refractivity contribution in [3.05, 3.63) is 68.8 Å². The molecule has 0 saturated heterocycles. The first-order valence-electron chi connectivity index (χ1n) is 6.84. The molecular weight excluding hydrogens is 316 g/mol. The molecule has 3 rings (SSSR count). The average Bonchev–Trinajstić information content (AvgIpc) is 3.00. The van der Waals surface area contributed by atoms with Crippen LogP contribution in [0.5, 0.6) is 0 Å². The molecule has 0 unspecified atom stereocenters.